The smallest absolute Gasteiger partial charge is 0.129 e. The Kier molecular flexibility index (Phi) is 3.59. The van der Waals surface area contributed by atoms with Crippen molar-refractivity contribution in [2.75, 3.05) is 11.9 Å². The molecule has 1 fully saturated rings. The molecule has 1 aliphatic heterocycles. The minimum absolute atomic E-state index is 0.340. The number of ether oxygens (including phenoxy) is 1. The minimum Gasteiger partial charge on any atom is -0.380 e. The van der Waals surface area contributed by atoms with Crippen LogP contribution in [0.25, 0.3) is 0 Å². The highest BCUT2D eigenvalue weighted by Gasteiger charge is 2.21. The zero-order valence-electron chi connectivity index (χ0n) is 8.74. The van der Waals surface area contributed by atoms with Crippen molar-refractivity contribution < 1.29 is 4.74 Å². The Morgan fingerprint density at radius 1 is 1.60 bits per heavy atom. The second kappa shape index (κ2) is 4.94. The van der Waals surface area contributed by atoms with Crippen molar-refractivity contribution in [1.82, 2.24) is 4.98 Å². The summed E-state index contributed by atoms with van der Waals surface area (Å²) < 4.78 is 6.58. The van der Waals surface area contributed by atoms with Gasteiger partial charge in [-0.2, -0.15) is 0 Å². The average molecular weight is 271 g/mol. The maximum absolute atomic E-state index is 5.72. The van der Waals surface area contributed by atoms with Gasteiger partial charge in [-0.25, -0.2) is 4.98 Å². The van der Waals surface area contributed by atoms with E-state index in [-0.39, 0.29) is 0 Å². The van der Waals surface area contributed by atoms with Crippen molar-refractivity contribution in [2.45, 2.75) is 32.0 Å². The number of hydrogen-bond donors (Lipinski definition) is 1. The molecule has 1 aromatic heterocycles. The molecule has 1 saturated heterocycles. The summed E-state index contributed by atoms with van der Waals surface area (Å²) in [7, 11) is 0. The van der Waals surface area contributed by atoms with Crippen molar-refractivity contribution in [3.63, 3.8) is 0 Å². The number of nitrogens with zero attached hydrogens (tertiary/aromatic N) is 1. The van der Waals surface area contributed by atoms with Gasteiger partial charge in [0.2, 0.25) is 0 Å². The van der Waals surface area contributed by atoms with Gasteiger partial charge in [0.05, 0.1) is 17.9 Å². The predicted octanol–water partition coefficient (Wildman–Crippen LogP) is 2.82. The zero-order chi connectivity index (χ0) is 10.7. The molecular weight excluding hydrogens is 256 g/mol. The molecular formula is C11H15BrN2O. The van der Waals surface area contributed by atoms with E-state index in [0.29, 0.717) is 12.2 Å². The van der Waals surface area contributed by atoms with Crippen LogP contribution in [-0.4, -0.2) is 23.7 Å². The van der Waals surface area contributed by atoms with E-state index in [2.05, 4.69) is 33.2 Å². The van der Waals surface area contributed by atoms with Crippen LogP contribution in [0.2, 0.25) is 0 Å². The van der Waals surface area contributed by atoms with Crippen molar-refractivity contribution in [1.29, 1.82) is 0 Å². The molecule has 0 saturated carbocycles. The van der Waals surface area contributed by atoms with Gasteiger partial charge in [0.15, 0.2) is 0 Å². The Hall–Kier alpha value is -0.610. The first-order valence-corrected chi connectivity index (χ1v) is 6.05. The zero-order valence-corrected chi connectivity index (χ0v) is 10.3. The molecule has 4 heteroatoms. The fraction of sp³-hybridized carbons (Fsp3) is 0.545. The van der Waals surface area contributed by atoms with Gasteiger partial charge in [-0.15, -0.1) is 0 Å². The molecule has 15 heavy (non-hydrogen) atoms. The van der Waals surface area contributed by atoms with Gasteiger partial charge in [0, 0.05) is 12.7 Å². The molecule has 0 bridgehead atoms. The predicted molar refractivity (Wildman–Crippen MR) is 64.0 cm³/mol. The second-order valence-electron chi connectivity index (χ2n) is 3.87. The van der Waals surface area contributed by atoms with E-state index in [1.165, 1.54) is 6.42 Å². The van der Waals surface area contributed by atoms with Gasteiger partial charge in [-0.05, 0) is 47.8 Å². The molecule has 82 valence electrons. The summed E-state index contributed by atoms with van der Waals surface area (Å²) in [5.74, 6) is 0. The summed E-state index contributed by atoms with van der Waals surface area (Å²) in [6.45, 7) is 2.98. The molecule has 2 rings (SSSR count). The fourth-order valence-electron chi connectivity index (χ4n) is 1.78. The monoisotopic (exact) mass is 270 g/mol. The van der Waals surface area contributed by atoms with E-state index in [1.54, 1.807) is 6.20 Å². The van der Waals surface area contributed by atoms with Crippen molar-refractivity contribution in [3.8, 4) is 0 Å². The first kappa shape index (κ1) is 10.9. The molecule has 0 aliphatic carbocycles. The lowest BCUT2D eigenvalue weighted by Crippen LogP contribution is -2.19. The van der Waals surface area contributed by atoms with Crippen LogP contribution in [0.5, 0.6) is 0 Å². The summed E-state index contributed by atoms with van der Waals surface area (Å²) >= 11 is 3.40. The summed E-state index contributed by atoms with van der Waals surface area (Å²) in [4.78, 5) is 4.15. The SMILES string of the molecule is CC1CCC(CNc2cccnc2Br)O1. The third-order valence-electron chi connectivity index (χ3n) is 2.60. The normalized spacial score (nSPS) is 25.5. The van der Waals surface area contributed by atoms with Gasteiger partial charge in [0.25, 0.3) is 0 Å². The van der Waals surface area contributed by atoms with Crippen molar-refractivity contribution in [2.24, 2.45) is 0 Å². The van der Waals surface area contributed by atoms with E-state index >= 15 is 0 Å². The summed E-state index contributed by atoms with van der Waals surface area (Å²) in [5, 5.41) is 3.34. The highest BCUT2D eigenvalue weighted by Crippen LogP contribution is 2.22. The van der Waals surface area contributed by atoms with Gasteiger partial charge in [0.1, 0.15) is 4.60 Å². The van der Waals surface area contributed by atoms with Crippen LogP contribution in [0.4, 0.5) is 5.69 Å². The lowest BCUT2D eigenvalue weighted by molar-refractivity contribution is 0.0637. The van der Waals surface area contributed by atoms with Gasteiger partial charge in [-0.1, -0.05) is 0 Å². The number of hydrogen-bond acceptors (Lipinski definition) is 3. The van der Waals surface area contributed by atoms with E-state index < -0.39 is 0 Å². The Morgan fingerprint density at radius 3 is 3.13 bits per heavy atom. The van der Waals surface area contributed by atoms with E-state index in [4.69, 9.17) is 4.74 Å². The van der Waals surface area contributed by atoms with E-state index in [1.807, 2.05) is 12.1 Å². The highest BCUT2D eigenvalue weighted by molar-refractivity contribution is 9.10. The Balaban J connectivity index is 1.86. The topological polar surface area (TPSA) is 34.2 Å². The first-order chi connectivity index (χ1) is 7.25. The molecule has 0 spiro atoms. The Labute approximate surface area is 98.4 Å². The van der Waals surface area contributed by atoms with Crippen LogP contribution in [0, 0.1) is 0 Å². The summed E-state index contributed by atoms with van der Waals surface area (Å²) in [6, 6.07) is 3.93. The van der Waals surface area contributed by atoms with Gasteiger partial charge < -0.3 is 10.1 Å². The molecule has 1 N–H and O–H groups in total. The summed E-state index contributed by atoms with van der Waals surface area (Å²) in [6.07, 6.45) is 4.83. The van der Waals surface area contributed by atoms with Crippen LogP contribution in [0.3, 0.4) is 0 Å². The number of anilines is 1. The lowest BCUT2D eigenvalue weighted by Gasteiger charge is -2.13. The largest absolute Gasteiger partial charge is 0.380 e. The Bertz CT molecular complexity index is 332. The quantitative estimate of drug-likeness (QED) is 0.858. The molecule has 2 unspecified atom stereocenters. The van der Waals surface area contributed by atoms with Gasteiger partial charge >= 0.3 is 0 Å². The van der Waals surface area contributed by atoms with E-state index in [0.717, 1.165) is 23.3 Å². The Morgan fingerprint density at radius 2 is 2.47 bits per heavy atom. The number of nitrogens with one attached hydrogen (secondary N) is 1. The molecule has 0 radical (unpaired) electrons. The number of rotatable bonds is 3. The van der Waals surface area contributed by atoms with Gasteiger partial charge in [-0.3, -0.25) is 0 Å². The maximum Gasteiger partial charge on any atom is 0.129 e. The second-order valence-corrected chi connectivity index (χ2v) is 4.62. The van der Waals surface area contributed by atoms with Crippen molar-refractivity contribution in [3.05, 3.63) is 22.9 Å². The third-order valence-corrected chi connectivity index (χ3v) is 3.23. The number of pyridine rings is 1. The first-order valence-electron chi connectivity index (χ1n) is 5.25. The molecule has 2 atom stereocenters. The molecule has 0 aromatic carbocycles. The number of halogens is 1. The molecule has 1 aromatic rings. The van der Waals surface area contributed by atoms with Crippen LogP contribution >= 0.6 is 15.9 Å². The van der Waals surface area contributed by atoms with Crippen LogP contribution in [0.15, 0.2) is 22.9 Å². The number of aromatic nitrogens is 1. The van der Waals surface area contributed by atoms with E-state index in [9.17, 15) is 0 Å². The average Bonchev–Trinajstić information content (AvgIpc) is 2.63. The summed E-state index contributed by atoms with van der Waals surface area (Å²) in [5.41, 5.74) is 1.03. The van der Waals surface area contributed by atoms with Crippen molar-refractivity contribution >= 4 is 21.6 Å². The fourth-order valence-corrected chi connectivity index (χ4v) is 2.17. The van der Waals surface area contributed by atoms with Crippen LogP contribution < -0.4 is 5.32 Å². The molecule has 2 heterocycles. The molecule has 0 amide bonds. The highest BCUT2D eigenvalue weighted by atomic mass is 79.9. The minimum atomic E-state index is 0.340. The third kappa shape index (κ3) is 2.92. The maximum atomic E-state index is 5.72. The van der Waals surface area contributed by atoms with Crippen LogP contribution in [-0.2, 0) is 4.74 Å². The lowest BCUT2D eigenvalue weighted by atomic mass is 10.2. The van der Waals surface area contributed by atoms with Crippen LogP contribution in [0.1, 0.15) is 19.8 Å². The molecule has 1 aliphatic rings. The standard InChI is InChI=1S/C11H15BrN2O/c1-8-4-5-9(15-8)7-14-10-3-2-6-13-11(10)12/h2-3,6,8-9,14H,4-5,7H2,1H3. The molecule has 3 nitrogen and oxygen atoms in total.